The average Bonchev–Trinajstić information content (AvgIpc) is 2.60. The Labute approximate surface area is 144 Å². The number of ether oxygens (including phenoxy) is 2. The molecule has 0 amide bonds. The second-order valence-electron chi connectivity index (χ2n) is 5.86. The molecule has 0 saturated heterocycles. The molecule has 0 heterocycles. The summed E-state index contributed by atoms with van der Waals surface area (Å²) in [5.41, 5.74) is 3.40. The Morgan fingerprint density at radius 3 is 2.62 bits per heavy atom. The minimum atomic E-state index is -0.651. The van der Waals surface area contributed by atoms with Gasteiger partial charge in [0.25, 0.3) is 0 Å². The van der Waals surface area contributed by atoms with Crippen LogP contribution in [0.4, 0.5) is 0 Å². The Kier molecular flexibility index (Phi) is 7.75. The molecule has 0 aliphatic carbocycles. The largest absolute Gasteiger partial charge is 0.490 e. The van der Waals surface area contributed by atoms with Gasteiger partial charge in [-0.25, -0.2) is 0 Å². The molecule has 2 aromatic carbocycles. The fourth-order valence-electron chi connectivity index (χ4n) is 2.37. The highest BCUT2D eigenvalue weighted by atomic mass is 16.5. The number of rotatable bonds is 10. The fraction of sp³-hybridized carbons (Fsp3) is 0.400. The molecular formula is C20H27NO3. The lowest BCUT2D eigenvalue weighted by Gasteiger charge is -2.16. The van der Waals surface area contributed by atoms with E-state index >= 15 is 0 Å². The first-order valence-corrected chi connectivity index (χ1v) is 8.41. The van der Waals surface area contributed by atoms with Gasteiger partial charge in [0.05, 0.1) is 13.2 Å². The molecule has 2 N–H and O–H groups in total. The van der Waals surface area contributed by atoms with Crippen molar-refractivity contribution in [1.29, 1.82) is 0 Å². The molecule has 0 aromatic heterocycles. The minimum absolute atomic E-state index is 0.219. The lowest BCUT2D eigenvalue weighted by Crippen LogP contribution is -2.24. The molecule has 2 rings (SSSR count). The van der Waals surface area contributed by atoms with E-state index in [0.29, 0.717) is 6.61 Å². The van der Waals surface area contributed by atoms with E-state index in [-0.39, 0.29) is 13.2 Å². The third kappa shape index (κ3) is 6.32. The third-order valence-corrected chi connectivity index (χ3v) is 3.63. The topological polar surface area (TPSA) is 50.7 Å². The SMILES string of the molecule is CCNCc1cc(C)ccc1OCC(O)COCc1ccccc1. The Morgan fingerprint density at radius 1 is 1.08 bits per heavy atom. The number of aryl methyl sites for hydroxylation is 1. The molecular weight excluding hydrogens is 302 g/mol. The summed E-state index contributed by atoms with van der Waals surface area (Å²) in [6, 6.07) is 16.0. The van der Waals surface area contributed by atoms with Crippen LogP contribution in [-0.4, -0.2) is 31.0 Å². The molecule has 4 heteroatoms. The summed E-state index contributed by atoms with van der Waals surface area (Å²) in [7, 11) is 0. The molecule has 4 nitrogen and oxygen atoms in total. The van der Waals surface area contributed by atoms with Gasteiger partial charge in [-0.05, 0) is 25.1 Å². The molecule has 0 fully saturated rings. The number of nitrogens with one attached hydrogen (secondary N) is 1. The zero-order valence-electron chi connectivity index (χ0n) is 14.5. The molecule has 1 unspecified atom stereocenters. The van der Waals surface area contributed by atoms with Gasteiger partial charge in [0.2, 0.25) is 0 Å². The van der Waals surface area contributed by atoms with Crippen LogP contribution >= 0.6 is 0 Å². The van der Waals surface area contributed by atoms with Gasteiger partial charge >= 0.3 is 0 Å². The lowest BCUT2D eigenvalue weighted by molar-refractivity contribution is 0.00531. The van der Waals surface area contributed by atoms with E-state index in [9.17, 15) is 5.11 Å². The van der Waals surface area contributed by atoms with E-state index < -0.39 is 6.10 Å². The van der Waals surface area contributed by atoms with E-state index in [4.69, 9.17) is 9.47 Å². The summed E-state index contributed by atoms with van der Waals surface area (Å²) in [6.45, 7) is 6.77. The first-order valence-electron chi connectivity index (χ1n) is 8.41. The van der Waals surface area contributed by atoms with Crippen molar-refractivity contribution in [2.75, 3.05) is 19.8 Å². The van der Waals surface area contributed by atoms with Gasteiger partial charge in [0.1, 0.15) is 18.5 Å². The Bertz CT molecular complexity index is 601. The molecule has 0 radical (unpaired) electrons. The van der Waals surface area contributed by atoms with Gasteiger partial charge in [-0.1, -0.05) is 55.0 Å². The Hall–Kier alpha value is -1.88. The van der Waals surface area contributed by atoms with Crippen molar-refractivity contribution in [3.8, 4) is 5.75 Å². The standard InChI is InChI=1S/C20H27NO3/c1-3-21-12-18-11-16(2)9-10-20(18)24-15-19(22)14-23-13-17-7-5-4-6-8-17/h4-11,19,21-22H,3,12-15H2,1-2H3. The first kappa shape index (κ1) is 18.5. The number of hydrogen-bond donors (Lipinski definition) is 2. The van der Waals surface area contributed by atoms with Crippen LogP contribution < -0.4 is 10.1 Å². The predicted octanol–water partition coefficient (Wildman–Crippen LogP) is 3.06. The molecule has 0 spiro atoms. The van der Waals surface area contributed by atoms with E-state index in [1.807, 2.05) is 42.5 Å². The maximum absolute atomic E-state index is 10.0. The van der Waals surface area contributed by atoms with Crippen LogP contribution in [0.25, 0.3) is 0 Å². The summed E-state index contributed by atoms with van der Waals surface area (Å²) >= 11 is 0. The summed E-state index contributed by atoms with van der Waals surface area (Å²) in [5.74, 6) is 0.809. The molecule has 0 bridgehead atoms. The summed E-state index contributed by atoms with van der Waals surface area (Å²) in [4.78, 5) is 0. The van der Waals surface area contributed by atoms with E-state index in [0.717, 1.165) is 30.0 Å². The predicted molar refractivity (Wildman–Crippen MR) is 96.2 cm³/mol. The summed E-state index contributed by atoms with van der Waals surface area (Å²) < 4.78 is 11.3. The normalized spacial score (nSPS) is 12.1. The minimum Gasteiger partial charge on any atom is -0.490 e. The van der Waals surface area contributed by atoms with Crippen molar-refractivity contribution in [3.05, 3.63) is 65.2 Å². The monoisotopic (exact) mass is 329 g/mol. The van der Waals surface area contributed by atoms with Gasteiger partial charge in [-0.2, -0.15) is 0 Å². The molecule has 24 heavy (non-hydrogen) atoms. The number of hydrogen-bond acceptors (Lipinski definition) is 4. The van der Waals surface area contributed by atoms with Crippen molar-refractivity contribution >= 4 is 0 Å². The van der Waals surface area contributed by atoms with Gasteiger partial charge < -0.3 is 19.9 Å². The molecule has 1 atom stereocenters. The maximum atomic E-state index is 10.0. The summed E-state index contributed by atoms with van der Waals surface area (Å²) in [6.07, 6.45) is -0.651. The van der Waals surface area contributed by atoms with E-state index in [1.54, 1.807) is 0 Å². The van der Waals surface area contributed by atoms with Gasteiger partial charge in [0.15, 0.2) is 0 Å². The zero-order chi connectivity index (χ0) is 17.2. The van der Waals surface area contributed by atoms with Crippen LogP contribution in [0.15, 0.2) is 48.5 Å². The molecule has 2 aromatic rings. The lowest BCUT2D eigenvalue weighted by atomic mass is 10.1. The van der Waals surface area contributed by atoms with Crippen LogP contribution in [0.3, 0.4) is 0 Å². The van der Waals surface area contributed by atoms with Crippen molar-refractivity contribution in [1.82, 2.24) is 5.32 Å². The van der Waals surface area contributed by atoms with E-state index in [2.05, 4.69) is 25.2 Å². The molecule has 0 aliphatic heterocycles. The third-order valence-electron chi connectivity index (χ3n) is 3.63. The maximum Gasteiger partial charge on any atom is 0.123 e. The molecule has 0 saturated carbocycles. The second kappa shape index (κ2) is 10.1. The van der Waals surface area contributed by atoms with Crippen LogP contribution in [0.5, 0.6) is 5.75 Å². The molecule has 0 aliphatic rings. The number of aliphatic hydroxyl groups is 1. The van der Waals surface area contributed by atoms with Crippen molar-refractivity contribution in [3.63, 3.8) is 0 Å². The molecule has 130 valence electrons. The van der Waals surface area contributed by atoms with Crippen LogP contribution in [-0.2, 0) is 17.9 Å². The highest BCUT2D eigenvalue weighted by Gasteiger charge is 2.09. The van der Waals surface area contributed by atoms with Crippen LogP contribution in [0.1, 0.15) is 23.6 Å². The quantitative estimate of drug-likeness (QED) is 0.703. The van der Waals surface area contributed by atoms with Gasteiger partial charge in [-0.15, -0.1) is 0 Å². The van der Waals surface area contributed by atoms with Crippen LogP contribution in [0.2, 0.25) is 0 Å². The Balaban J connectivity index is 1.77. The zero-order valence-corrected chi connectivity index (χ0v) is 14.5. The highest BCUT2D eigenvalue weighted by Crippen LogP contribution is 2.20. The highest BCUT2D eigenvalue weighted by molar-refractivity contribution is 5.36. The average molecular weight is 329 g/mol. The van der Waals surface area contributed by atoms with Crippen molar-refractivity contribution < 1.29 is 14.6 Å². The fourth-order valence-corrected chi connectivity index (χ4v) is 2.37. The van der Waals surface area contributed by atoms with Crippen LogP contribution in [0, 0.1) is 6.92 Å². The van der Waals surface area contributed by atoms with Crippen molar-refractivity contribution in [2.24, 2.45) is 0 Å². The summed E-state index contributed by atoms with van der Waals surface area (Å²) in [5, 5.41) is 13.3. The second-order valence-corrected chi connectivity index (χ2v) is 5.86. The Morgan fingerprint density at radius 2 is 1.88 bits per heavy atom. The first-order chi connectivity index (χ1) is 11.7. The van der Waals surface area contributed by atoms with Gasteiger partial charge in [0, 0.05) is 12.1 Å². The number of aliphatic hydroxyl groups excluding tert-OH is 1. The smallest absolute Gasteiger partial charge is 0.123 e. The van der Waals surface area contributed by atoms with Crippen molar-refractivity contribution in [2.45, 2.75) is 33.1 Å². The van der Waals surface area contributed by atoms with Gasteiger partial charge in [-0.3, -0.25) is 0 Å². The number of benzene rings is 2. The van der Waals surface area contributed by atoms with E-state index in [1.165, 1.54) is 5.56 Å².